The minimum atomic E-state index is -0.424. The Morgan fingerprint density at radius 1 is 1.16 bits per heavy atom. The Morgan fingerprint density at radius 3 is 2.84 bits per heavy atom. The second-order valence-corrected chi connectivity index (χ2v) is 9.55. The van der Waals surface area contributed by atoms with Crippen LogP contribution in [0.2, 0.25) is 0 Å². The molecular formula is C25H32N4O3. The second-order valence-electron chi connectivity index (χ2n) is 9.55. The number of hydrogen-bond acceptors (Lipinski definition) is 4. The van der Waals surface area contributed by atoms with E-state index in [0.29, 0.717) is 13.0 Å². The highest BCUT2D eigenvalue weighted by molar-refractivity contribution is 5.93. The average Bonchev–Trinajstić information content (AvgIpc) is 3.51. The molecule has 32 heavy (non-hydrogen) atoms. The zero-order chi connectivity index (χ0) is 22.1. The van der Waals surface area contributed by atoms with Crippen LogP contribution in [0, 0.1) is 12.8 Å². The molecule has 2 N–H and O–H groups in total. The third-order valence-corrected chi connectivity index (χ3v) is 7.23. The van der Waals surface area contributed by atoms with E-state index in [-0.39, 0.29) is 23.7 Å². The summed E-state index contributed by atoms with van der Waals surface area (Å²) >= 11 is 0. The maximum absolute atomic E-state index is 13.3. The zero-order valence-electron chi connectivity index (χ0n) is 18.7. The molecule has 2 aliphatic heterocycles. The molecule has 1 aliphatic carbocycles. The number of carbonyl (C=O) groups excluding carboxylic acids is 2. The summed E-state index contributed by atoms with van der Waals surface area (Å²) in [5, 5.41) is 10.4. The molecule has 5 rings (SSSR count). The molecule has 1 saturated carbocycles. The number of H-pyrrole nitrogens is 1. The van der Waals surface area contributed by atoms with Gasteiger partial charge < -0.3 is 15.0 Å². The van der Waals surface area contributed by atoms with Crippen LogP contribution in [0.1, 0.15) is 67.7 Å². The maximum atomic E-state index is 13.3. The third kappa shape index (κ3) is 4.25. The van der Waals surface area contributed by atoms with Crippen molar-refractivity contribution in [3.8, 4) is 5.75 Å². The van der Waals surface area contributed by atoms with Crippen molar-refractivity contribution in [3.05, 3.63) is 41.2 Å². The molecule has 3 aliphatic rings. The van der Waals surface area contributed by atoms with Crippen molar-refractivity contribution >= 4 is 17.5 Å². The summed E-state index contributed by atoms with van der Waals surface area (Å²) in [7, 11) is 0. The van der Waals surface area contributed by atoms with Crippen LogP contribution < -0.4 is 10.1 Å². The van der Waals surface area contributed by atoms with Gasteiger partial charge in [0.25, 0.3) is 5.91 Å². The van der Waals surface area contributed by atoms with Gasteiger partial charge in [0, 0.05) is 24.9 Å². The SMILES string of the molecule is Cc1ccc2c(c1)CCC(C(=O)N1CCCC(c3[nH]ncc3NC(=O)C3CCCC3)C1)O2. The number of nitrogens with zero attached hydrogens (tertiary/aromatic N) is 2. The molecule has 3 heterocycles. The Hall–Kier alpha value is -2.83. The first kappa shape index (κ1) is 21.0. The molecule has 2 atom stereocenters. The van der Waals surface area contributed by atoms with Gasteiger partial charge in [0.2, 0.25) is 5.91 Å². The van der Waals surface area contributed by atoms with E-state index in [0.717, 1.165) is 68.6 Å². The number of benzene rings is 1. The number of aromatic nitrogens is 2. The monoisotopic (exact) mass is 436 g/mol. The van der Waals surface area contributed by atoms with Crippen molar-refractivity contribution in [1.29, 1.82) is 0 Å². The largest absolute Gasteiger partial charge is 0.480 e. The molecule has 2 aromatic rings. The lowest BCUT2D eigenvalue weighted by Gasteiger charge is -2.36. The number of anilines is 1. The van der Waals surface area contributed by atoms with E-state index in [1.807, 2.05) is 17.0 Å². The average molecular weight is 437 g/mol. The fraction of sp³-hybridized carbons (Fsp3) is 0.560. The first-order valence-corrected chi connectivity index (χ1v) is 12.0. The fourth-order valence-electron chi connectivity index (χ4n) is 5.44. The molecule has 2 unspecified atom stereocenters. The molecule has 0 radical (unpaired) electrons. The van der Waals surface area contributed by atoms with E-state index >= 15 is 0 Å². The van der Waals surface area contributed by atoms with E-state index in [9.17, 15) is 9.59 Å². The van der Waals surface area contributed by atoms with Gasteiger partial charge in [0.1, 0.15) is 5.75 Å². The van der Waals surface area contributed by atoms with Crippen LogP contribution in [0.5, 0.6) is 5.75 Å². The topological polar surface area (TPSA) is 87.3 Å². The number of likely N-dealkylation sites (tertiary alicyclic amines) is 1. The van der Waals surface area contributed by atoms with E-state index in [4.69, 9.17) is 4.74 Å². The summed E-state index contributed by atoms with van der Waals surface area (Å²) in [6, 6.07) is 6.15. The number of aryl methyl sites for hydroxylation is 2. The summed E-state index contributed by atoms with van der Waals surface area (Å²) in [6.45, 7) is 3.44. The molecule has 2 fully saturated rings. The van der Waals surface area contributed by atoms with Crippen molar-refractivity contribution in [3.63, 3.8) is 0 Å². The Balaban J connectivity index is 1.24. The minimum absolute atomic E-state index is 0.0666. The van der Waals surface area contributed by atoms with Gasteiger partial charge in [-0.1, -0.05) is 30.5 Å². The Kier molecular flexibility index (Phi) is 5.89. The summed E-state index contributed by atoms with van der Waals surface area (Å²) < 4.78 is 6.09. The van der Waals surface area contributed by atoms with Gasteiger partial charge >= 0.3 is 0 Å². The molecule has 2 amide bonds. The maximum Gasteiger partial charge on any atom is 0.263 e. The summed E-state index contributed by atoms with van der Waals surface area (Å²) in [5.74, 6) is 1.24. The number of fused-ring (bicyclic) bond motifs is 1. The Labute approximate surface area is 188 Å². The molecule has 1 aromatic heterocycles. The number of carbonyl (C=O) groups is 2. The van der Waals surface area contributed by atoms with Gasteiger partial charge in [-0.25, -0.2) is 0 Å². The van der Waals surface area contributed by atoms with E-state index in [1.165, 1.54) is 11.1 Å². The van der Waals surface area contributed by atoms with E-state index in [1.54, 1.807) is 6.20 Å². The van der Waals surface area contributed by atoms with Gasteiger partial charge in [-0.2, -0.15) is 5.10 Å². The normalized spacial score (nSPS) is 23.5. The van der Waals surface area contributed by atoms with Crippen molar-refractivity contribution in [1.82, 2.24) is 15.1 Å². The van der Waals surface area contributed by atoms with Crippen molar-refractivity contribution in [2.45, 2.75) is 70.3 Å². The number of rotatable bonds is 4. The minimum Gasteiger partial charge on any atom is -0.480 e. The second kappa shape index (κ2) is 8.96. The van der Waals surface area contributed by atoms with Crippen LogP contribution in [-0.4, -0.2) is 46.1 Å². The fourth-order valence-corrected chi connectivity index (χ4v) is 5.44. The molecule has 7 heteroatoms. The molecule has 7 nitrogen and oxygen atoms in total. The number of nitrogens with one attached hydrogen (secondary N) is 2. The van der Waals surface area contributed by atoms with Crippen LogP contribution in [0.3, 0.4) is 0 Å². The molecule has 1 saturated heterocycles. The zero-order valence-corrected chi connectivity index (χ0v) is 18.7. The van der Waals surface area contributed by atoms with E-state index < -0.39 is 6.10 Å². The smallest absolute Gasteiger partial charge is 0.263 e. The first-order chi connectivity index (χ1) is 15.6. The summed E-state index contributed by atoms with van der Waals surface area (Å²) in [4.78, 5) is 27.8. The third-order valence-electron chi connectivity index (χ3n) is 7.23. The lowest BCUT2D eigenvalue weighted by Crippen LogP contribution is -2.47. The van der Waals surface area contributed by atoms with Gasteiger partial charge in [-0.15, -0.1) is 0 Å². The van der Waals surface area contributed by atoms with Crippen LogP contribution in [-0.2, 0) is 16.0 Å². The quantitative estimate of drug-likeness (QED) is 0.760. The van der Waals surface area contributed by atoms with E-state index in [2.05, 4.69) is 28.5 Å². The standard InChI is InChI=1S/C25H32N4O3/c1-16-8-10-21-18(13-16)9-11-22(32-21)25(31)29-12-4-7-19(15-29)23-20(14-26-28-23)27-24(30)17-5-2-3-6-17/h8,10,13-14,17,19,22H,2-7,9,11-12,15H2,1H3,(H,26,28)(H,27,30). The van der Waals surface area contributed by atoms with Crippen molar-refractivity contribution < 1.29 is 14.3 Å². The molecule has 1 aromatic carbocycles. The highest BCUT2D eigenvalue weighted by atomic mass is 16.5. The van der Waals surface area contributed by atoms with Crippen LogP contribution in [0.4, 0.5) is 5.69 Å². The number of aromatic amines is 1. The van der Waals surface area contributed by atoms with Crippen LogP contribution >= 0.6 is 0 Å². The summed E-state index contributed by atoms with van der Waals surface area (Å²) in [5.41, 5.74) is 4.09. The molecule has 170 valence electrons. The number of amides is 2. The number of piperidine rings is 1. The lowest BCUT2D eigenvalue weighted by atomic mass is 9.92. The molecule has 0 spiro atoms. The van der Waals surface area contributed by atoms with Crippen LogP contribution in [0.15, 0.2) is 24.4 Å². The molecule has 0 bridgehead atoms. The van der Waals surface area contributed by atoms with Gasteiger partial charge in [0.05, 0.1) is 17.6 Å². The molecular weight excluding hydrogens is 404 g/mol. The Bertz CT molecular complexity index is 995. The predicted octanol–water partition coefficient (Wildman–Crippen LogP) is 3.95. The highest BCUT2D eigenvalue weighted by Crippen LogP contribution is 2.34. The van der Waals surface area contributed by atoms with Gasteiger partial charge in [-0.05, 0) is 57.1 Å². The Morgan fingerprint density at radius 2 is 2.00 bits per heavy atom. The number of ether oxygens (including phenoxy) is 1. The summed E-state index contributed by atoms with van der Waals surface area (Å²) in [6.07, 6.45) is 8.93. The lowest BCUT2D eigenvalue weighted by molar-refractivity contribution is -0.140. The van der Waals surface area contributed by atoms with Crippen molar-refractivity contribution in [2.75, 3.05) is 18.4 Å². The predicted molar refractivity (Wildman–Crippen MR) is 122 cm³/mol. The van der Waals surface area contributed by atoms with Gasteiger partial charge in [0.15, 0.2) is 6.10 Å². The van der Waals surface area contributed by atoms with Crippen molar-refractivity contribution in [2.24, 2.45) is 5.92 Å². The van der Waals surface area contributed by atoms with Crippen LogP contribution in [0.25, 0.3) is 0 Å². The van der Waals surface area contributed by atoms with Gasteiger partial charge in [-0.3, -0.25) is 14.7 Å². The highest BCUT2D eigenvalue weighted by Gasteiger charge is 2.34. The number of hydrogen-bond donors (Lipinski definition) is 2. The first-order valence-electron chi connectivity index (χ1n) is 12.0.